The zero-order valence-corrected chi connectivity index (χ0v) is 20.1. The molecule has 2 aromatic carbocycles. The molecule has 1 aliphatic heterocycles. The van der Waals surface area contributed by atoms with E-state index in [2.05, 4.69) is 0 Å². The Morgan fingerprint density at radius 2 is 1.38 bits per heavy atom. The van der Waals surface area contributed by atoms with Crippen molar-refractivity contribution in [2.24, 2.45) is 0 Å². The molecule has 0 aliphatic carbocycles. The standard InChI is InChI=1S/C25H28O8S/c1-16(26)29-15-21-22(31-17(2)27)23(30-14-19-10-6-4-7-11-19)24(32-18(3)28)25(33-21)34-20-12-8-5-9-13-20/h4-13,21-25H,14-15H2,1-3H3. The predicted octanol–water partition coefficient (Wildman–Crippen LogP) is 3.52. The first kappa shape index (κ1) is 25.7. The highest BCUT2D eigenvalue weighted by molar-refractivity contribution is 7.99. The summed E-state index contributed by atoms with van der Waals surface area (Å²) in [7, 11) is 0. The van der Waals surface area contributed by atoms with Crippen LogP contribution in [0, 0.1) is 0 Å². The van der Waals surface area contributed by atoms with Crippen molar-refractivity contribution in [1.29, 1.82) is 0 Å². The SMILES string of the molecule is CC(=O)OCC1OC(Sc2ccccc2)C(OC(C)=O)C(OCc2ccccc2)C1OC(C)=O. The van der Waals surface area contributed by atoms with Crippen LogP contribution in [0.5, 0.6) is 0 Å². The van der Waals surface area contributed by atoms with E-state index in [4.69, 9.17) is 23.7 Å². The van der Waals surface area contributed by atoms with E-state index in [1.165, 1.54) is 32.5 Å². The summed E-state index contributed by atoms with van der Waals surface area (Å²) >= 11 is 1.34. The second kappa shape index (κ2) is 12.5. The van der Waals surface area contributed by atoms with Gasteiger partial charge in [-0.1, -0.05) is 60.3 Å². The maximum Gasteiger partial charge on any atom is 0.303 e. The molecule has 9 heteroatoms. The van der Waals surface area contributed by atoms with Gasteiger partial charge in [0.15, 0.2) is 12.2 Å². The van der Waals surface area contributed by atoms with E-state index in [1.807, 2.05) is 60.7 Å². The first-order valence-electron chi connectivity index (χ1n) is 10.8. The minimum atomic E-state index is -0.975. The molecular weight excluding hydrogens is 460 g/mol. The van der Waals surface area contributed by atoms with Crippen molar-refractivity contribution in [2.45, 2.75) is 62.1 Å². The van der Waals surface area contributed by atoms with Crippen molar-refractivity contribution in [3.05, 3.63) is 66.2 Å². The van der Waals surface area contributed by atoms with Gasteiger partial charge in [0.2, 0.25) is 0 Å². The summed E-state index contributed by atoms with van der Waals surface area (Å²) in [5, 5.41) is 0. The Morgan fingerprint density at radius 3 is 1.97 bits per heavy atom. The van der Waals surface area contributed by atoms with E-state index < -0.39 is 47.8 Å². The number of rotatable bonds is 9. The molecule has 1 aliphatic rings. The fourth-order valence-electron chi connectivity index (χ4n) is 3.55. The van der Waals surface area contributed by atoms with E-state index in [-0.39, 0.29) is 13.2 Å². The number of hydrogen-bond donors (Lipinski definition) is 0. The lowest BCUT2D eigenvalue weighted by Gasteiger charge is -2.44. The molecule has 1 saturated heterocycles. The van der Waals surface area contributed by atoms with Crippen molar-refractivity contribution < 1.29 is 38.1 Å². The molecule has 1 heterocycles. The van der Waals surface area contributed by atoms with Crippen LogP contribution in [0.25, 0.3) is 0 Å². The molecule has 3 rings (SSSR count). The summed E-state index contributed by atoms with van der Waals surface area (Å²) in [6.45, 7) is 3.87. The molecule has 0 amide bonds. The highest BCUT2D eigenvalue weighted by atomic mass is 32.2. The highest BCUT2D eigenvalue weighted by Crippen LogP contribution is 2.37. The van der Waals surface area contributed by atoms with Crippen LogP contribution in [0.1, 0.15) is 26.3 Å². The number of carbonyl (C=O) groups is 3. The Hall–Kier alpha value is -2.88. The zero-order valence-electron chi connectivity index (χ0n) is 19.2. The van der Waals surface area contributed by atoms with E-state index in [9.17, 15) is 14.4 Å². The van der Waals surface area contributed by atoms with Crippen LogP contribution in [0.4, 0.5) is 0 Å². The van der Waals surface area contributed by atoms with Gasteiger partial charge in [-0.25, -0.2) is 0 Å². The molecule has 8 nitrogen and oxygen atoms in total. The molecule has 0 N–H and O–H groups in total. The molecule has 34 heavy (non-hydrogen) atoms. The molecule has 182 valence electrons. The summed E-state index contributed by atoms with van der Waals surface area (Å²) in [4.78, 5) is 36.4. The van der Waals surface area contributed by atoms with Gasteiger partial charge in [0.25, 0.3) is 0 Å². The monoisotopic (exact) mass is 488 g/mol. The molecule has 0 radical (unpaired) electrons. The van der Waals surface area contributed by atoms with E-state index in [0.717, 1.165) is 10.5 Å². The lowest BCUT2D eigenvalue weighted by atomic mass is 9.99. The minimum absolute atomic E-state index is 0.156. The number of thioether (sulfide) groups is 1. The summed E-state index contributed by atoms with van der Waals surface area (Å²) in [5.74, 6) is -1.59. The van der Waals surface area contributed by atoms with Crippen LogP contribution in [-0.2, 0) is 44.7 Å². The molecule has 0 bridgehead atoms. The quantitative estimate of drug-likeness (QED) is 0.388. The molecule has 0 aromatic heterocycles. The number of hydrogen-bond acceptors (Lipinski definition) is 9. The normalized spacial score (nSPS) is 24.1. The fraction of sp³-hybridized carbons (Fsp3) is 0.400. The first-order valence-corrected chi connectivity index (χ1v) is 11.7. The number of carbonyl (C=O) groups excluding carboxylic acids is 3. The lowest BCUT2D eigenvalue weighted by Crippen LogP contribution is -2.61. The van der Waals surface area contributed by atoms with Crippen LogP contribution in [0.2, 0.25) is 0 Å². The third-order valence-corrected chi connectivity index (χ3v) is 6.08. The fourth-order valence-corrected chi connectivity index (χ4v) is 4.67. The second-order valence-corrected chi connectivity index (χ2v) is 8.86. The van der Waals surface area contributed by atoms with Gasteiger partial charge in [-0.05, 0) is 17.7 Å². The van der Waals surface area contributed by atoms with Gasteiger partial charge in [-0.15, -0.1) is 0 Å². The Labute approximate surface area is 202 Å². The summed E-state index contributed by atoms with van der Waals surface area (Å²) in [5.41, 5.74) is 0.181. The van der Waals surface area contributed by atoms with Crippen LogP contribution in [0.3, 0.4) is 0 Å². The third kappa shape index (κ3) is 7.58. The Balaban J connectivity index is 1.95. The summed E-state index contributed by atoms with van der Waals surface area (Å²) in [6, 6.07) is 18.9. The highest BCUT2D eigenvalue weighted by Gasteiger charge is 2.51. The molecule has 1 fully saturated rings. The largest absolute Gasteiger partial charge is 0.463 e. The van der Waals surface area contributed by atoms with Crippen molar-refractivity contribution in [3.63, 3.8) is 0 Å². The topological polar surface area (TPSA) is 97.4 Å². The van der Waals surface area contributed by atoms with Crippen LogP contribution in [0.15, 0.2) is 65.6 Å². The molecule has 5 atom stereocenters. The summed E-state index contributed by atoms with van der Waals surface area (Å²) in [6.07, 6.45) is -3.58. The summed E-state index contributed by atoms with van der Waals surface area (Å²) < 4.78 is 28.8. The van der Waals surface area contributed by atoms with Crippen molar-refractivity contribution in [2.75, 3.05) is 6.61 Å². The van der Waals surface area contributed by atoms with E-state index in [0.29, 0.717) is 0 Å². The third-order valence-electron chi connectivity index (χ3n) is 4.93. The van der Waals surface area contributed by atoms with Gasteiger partial charge in [0.05, 0.1) is 6.61 Å². The number of esters is 3. The number of ether oxygens (including phenoxy) is 5. The molecule has 5 unspecified atom stereocenters. The van der Waals surface area contributed by atoms with Crippen molar-refractivity contribution in [3.8, 4) is 0 Å². The van der Waals surface area contributed by atoms with Crippen molar-refractivity contribution in [1.82, 2.24) is 0 Å². The van der Waals surface area contributed by atoms with Crippen molar-refractivity contribution >= 4 is 29.7 Å². The smallest absolute Gasteiger partial charge is 0.303 e. The Kier molecular flexibility index (Phi) is 9.50. The van der Waals surface area contributed by atoms with E-state index in [1.54, 1.807) is 0 Å². The maximum absolute atomic E-state index is 12.0. The average molecular weight is 489 g/mol. The zero-order chi connectivity index (χ0) is 24.5. The molecule has 0 saturated carbocycles. The minimum Gasteiger partial charge on any atom is -0.463 e. The average Bonchev–Trinajstić information content (AvgIpc) is 2.80. The maximum atomic E-state index is 12.0. The Morgan fingerprint density at radius 1 is 0.794 bits per heavy atom. The van der Waals surface area contributed by atoms with Gasteiger partial charge >= 0.3 is 17.9 Å². The lowest BCUT2D eigenvalue weighted by molar-refractivity contribution is -0.241. The number of benzene rings is 2. The predicted molar refractivity (Wildman–Crippen MR) is 124 cm³/mol. The first-order chi connectivity index (χ1) is 16.3. The molecular formula is C25H28O8S. The van der Waals surface area contributed by atoms with E-state index >= 15 is 0 Å². The van der Waals surface area contributed by atoms with Crippen LogP contribution >= 0.6 is 11.8 Å². The Bertz CT molecular complexity index is 952. The molecule has 0 spiro atoms. The second-order valence-electron chi connectivity index (χ2n) is 7.69. The van der Waals surface area contributed by atoms with Gasteiger partial charge in [-0.2, -0.15) is 0 Å². The van der Waals surface area contributed by atoms with Gasteiger partial charge < -0.3 is 23.7 Å². The van der Waals surface area contributed by atoms with Crippen LogP contribution < -0.4 is 0 Å². The van der Waals surface area contributed by atoms with Gasteiger partial charge in [0, 0.05) is 25.7 Å². The van der Waals surface area contributed by atoms with Gasteiger partial charge in [-0.3, -0.25) is 14.4 Å². The van der Waals surface area contributed by atoms with Crippen LogP contribution in [-0.4, -0.2) is 54.4 Å². The molecule has 2 aromatic rings. The van der Waals surface area contributed by atoms with Gasteiger partial charge in [0.1, 0.15) is 24.3 Å².